The molecule has 0 aliphatic heterocycles. The molecular formula is C63H41N3. The number of aromatic nitrogens is 3. The second-order valence-corrected chi connectivity index (χ2v) is 16.6. The number of benzene rings is 9. The van der Waals surface area contributed by atoms with Crippen molar-refractivity contribution >= 4 is 32.6 Å². The molecule has 0 atom stereocenters. The lowest BCUT2D eigenvalue weighted by molar-refractivity contribution is 1.32. The van der Waals surface area contributed by atoms with Crippen LogP contribution in [-0.4, -0.2) is 15.0 Å². The molecule has 0 fully saturated rings. The topological polar surface area (TPSA) is 38.7 Å². The summed E-state index contributed by atoms with van der Waals surface area (Å²) in [4.78, 5) is 16.2. The predicted molar refractivity (Wildman–Crippen MR) is 276 cm³/mol. The zero-order valence-corrected chi connectivity index (χ0v) is 36.0. The summed E-state index contributed by atoms with van der Waals surface area (Å²) in [7, 11) is 0. The highest BCUT2D eigenvalue weighted by Gasteiger charge is 2.25. The maximum atomic E-state index is 5.62. The molecule has 9 aromatic carbocycles. The van der Waals surface area contributed by atoms with E-state index in [4.69, 9.17) is 15.0 Å². The minimum Gasteiger partial charge on any atom is -0.246 e. The van der Waals surface area contributed by atoms with Crippen molar-refractivity contribution in [1.82, 2.24) is 15.0 Å². The summed E-state index contributed by atoms with van der Waals surface area (Å²) < 4.78 is 0. The first-order chi connectivity index (χ1) is 32.7. The number of nitrogens with zero attached hydrogens (tertiary/aromatic N) is 3. The summed E-state index contributed by atoms with van der Waals surface area (Å²) in [6, 6.07) is 88.2. The molecule has 3 heterocycles. The fraction of sp³-hybridized carbons (Fsp3) is 0. The lowest BCUT2D eigenvalue weighted by Gasteiger charge is -2.23. The molecule has 3 aromatic heterocycles. The van der Waals surface area contributed by atoms with E-state index >= 15 is 0 Å². The Kier molecular flexibility index (Phi) is 9.85. The van der Waals surface area contributed by atoms with E-state index < -0.39 is 0 Å². The van der Waals surface area contributed by atoms with Gasteiger partial charge in [0, 0.05) is 49.7 Å². The van der Waals surface area contributed by atoms with Gasteiger partial charge < -0.3 is 0 Å². The van der Waals surface area contributed by atoms with Gasteiger partial charge in [-0.3, -0.25) is 0 Å². The van der Waals surface area contributed by atoms with Crippen LogP contribution in [0.25, 0.3) is 122 Å². The van der Waals surface area contributed by atoms with Gasteiger partial charge >= 0.3 is 0 Å². The first-order valence-electron chi connectivity index (χ1n) is 22.4. The van der Waals surface area contributed by atoms with Gasteiger partial charge in [0.1, 0.15) is 0 Å². The van der Waals surface area contributed by atoms with E-state index in [-0.39, 0.29) is 0 Å². The minimum atomic E-state index is 0.901. The van der Waals surface area contributed by atoms with Crippen LogP contribution in [0.2, 0.25) is 0 Å². The summed E-state index contributed by atoms with van der Waals surface area (Å²) >= 11 is 0. The van der Waals surface area contributed by atoms with Crippen molar-refractivity contribution in [2.45, 2.75) is 0 Å². The van der Waals surface area contributed by atoms with E-state index in [1.165, 1.54) is 5.39 Å². The molecule has 0 unspecified atom stereocenters. The largest absolute Gasteiger partial charge is 0.246 e. The molecule has 12 rings (SSSR count). The monoisotopic (exact) mass is 839 g/mol. The Balaban J connectivity index is 1.03. The summed E-state index contributed by atoms with van der Waals surface area (Å²) in [5.41, 5.74) is 18.9. The maximum absolute atomic E-state index is 5.62. The van der Waals surface area contributed by atoms with Crippen LogP contribution >= 0.6 is 0 Å². The van der Waals surface area contributed by atoms with Gasteiger partial charge in [-0.2, -0.15) is 0 Å². The Morgan fingerprint density at radius 1 is 0.212 bits per heavy atom. The lowest BCUT2D eigenvalue weighted by Crippen LogP contribution is -2.01. The number of hydrogen-bond acceptors (Lipinski definition) is 3. The molecule has 0 amide bonds. The Morgan fingerprint density at radius 2 is 0.576 bits per heavy atom. The van der Waals surface area contributed by atoms with E-state index in [1.54, 1.807) is 0 Å². The van der Waals surface area contributed by atoms with Crippen molar-refractivity contribution < 1.29 is 0 Å². The summed E-state index contributed by atoms with van der Waals surface area (Å²) in [5, 5.41) is 4.46. The lowest BCUT2D eigenvalue weighted by atomic mass is 9.83. The van der Waals surface area contributed by atoms with Crippen LogP contribution in [0.1, 0.15) is 0 Å². The van der Waals surface area contributed by atoms with Crippen molar-refractivity contribution in [3.63, 3.8) is 0 Å². The number of rotatable bonds is 8. The Labute approximate surface area is 384 Å². The second kappa shape index (κ2) is 16.7. The van der Waals surface area contributed by atoms with E-state index in [9.17, 15) is 0 Å². The van der Waals surface area contributed by atoms with Crippen LogP contribution in [0.5, 0.6) is 0 Å². The summed E-state index contributed by atoms with van der Waals surface area (Å²) in [6.07, 6.45) is 0. The van der Waals surface area contributed by atoms with Crippen molar-refractivity contribution in [2.24, 2.45) is 0 Å². The quantitative estimate of drug-likeness (QED) is 0.143. The van der Waals surface area contributed by atoms with Gasteiger partial charge in [-0.15, -0.1) is 0 Å². The van der Waals surface area contributed by atoms with E-state index in [0.29, 0.717) is 0 Å². The smallest absolute Gasteiger partial charge is 0.0972 e. The molecule has 66 heavy (non-hydrogen) atoms. The van der Waals surface area contributed by atoms with E-state index in [1.807, 2.05) is 6.07 Å². The van der Waals surface area contributed by atoms with Gasteiger partial charge in [0.25, 0.3) is 0 Å². The van der Waals surface area contributed by atoms with Crippen LogP contribution in [-0.2, 0) is 0 Å². The molecule has 0 aliphatic carbocycles. The van der Waals surface area contributed by atoms with Gasteiger partial charge in [-0.25, -0.2) is 15.0 Å². The molecular weight excluding hydrogens is 799 g/mol. The Bertz CT molecular complexity index is 3600. The van der Waals surface area contributed by atoms with Crippen LogP contribution in [0, 0.1) is 0 Å². The SMILES string of the molecule is c1ccc(-c2ccc3ccc4ccc(-c5ccc(-c6ccc(-c7c(-c8ccccc8)c(-c8ccccc8)nc(-c8ccccc8)c7-c7ccccc7)cc6)c6ccccc56)nc4c3n2)cc1. The normalized spacial score (nSPS) is 11.3. The molecule has 0 radical (unpaired) electrons. The highest BCUT2D eigenvalue weighted by Crippen LogP contribution is 2.49. The molecule has 0 aliphatic rings. The highest BCUT2D eigenvalue weighted by molar-refractivity contribution is 6.09. The highest BCUT2D eigenvalue weighted by atomic mass is 14.8. The van der Waals surface area contributed by atoms with Crippen molar-refractivity contribution in [3.8, 4) is 89.5 Å². The van der Waals surface area contributed by atoms with Crippen LogP contribution in [0.3, 0.4) is 0 Å². The third-order valence-electron chi connectivity index (χ3n) is 12.7. The fourth-order valence-corrected chi connectivity index (χ4v) is 9.53. The van der Waals surface area contributed by atoms with E-state index in [2.05, 4.69) is 243 Å². The van der Waals surface area contributed by atoms with Crippen LogP contribution in [0.15, 0.2) is 249 Å². The average Bonchev–Trinajstić information content (AvgIpc) is 3.41. The molecule has 12 aromatic rings. The first kappa shape index (κ1) is 38.9. The standard InChI is InChI=1S/C63H41N3/c1-6-18-43(19-7-1)55-40-36-49-34-35-50-37-41-56(65-63(50)62(49)64-55)54-39-38-51(52-28-16-17-29-53(52)54)42-30-32-46(33-31-42)57-58(44-20-8-2-9-21-44)60(47-24-12-4-13-25-47)66-61(48-26-14-5-15-27-48)59(57)45-22-10-3-11-23-45/h1-41H. The molecule has 3 heteroatoms. The zero-order valence-electron chi connectivity index (χ0n) is 36.0. The third kappa shape index (κ3) is 7.00. The fourth-order valence-electron chi connectivity index (χ4n) is 9.53. The van der Waals surface area contributed by atoms with Crippen molar-refractivity contribution in [2.75, 3.05) is 0 Å². The number of pyridine rings is 3. The molecule has 0 saturated heterocycles. The second-order valence-electron chi connectivity index (χ2n) is 16.6. The van der Waals surface area contributed by atoms with Gasteiger partial charge in [-0.1, -0.05) is 237 Å². The Morgan fingerprint density at radius 3 is 1.09 bits per heavy atom. The first-order valence-corrected chi connectivity index (χ1v) is 22.4. The molecule has 0 bridgehead atoms. The van der Waals surface area contributed by atoms with E-state index in [0.717, 1.165) is 117 Å². The minimum absolute atomic E-state index is 0.901. The van der Waals surface area contributed by atoms with Crippen LogP contribution < -0.4 is 0 Å². The molecule has 0 spiro atoms. The van der Waals surface area contributed by atoms with Crippen molar-refractivity contribution in [3.05, 3.63) is 249 Å². The van der Waals surface area contributed by atoms with Gasteiger partial charge in [0.15, 0.2) is 0 Å². The predicted octanol–water partition coefficient (Wildman–Crippen LogP) is 16.7. The van der Waals surface area contributed by atoms with Gasteiger partial charge in [0.2, 0.25) is 0 Å². The molecule has 0 saturated carbocycles. The average molecular weight is 840 g/mol. The summed E-state index contributed by atoms with van der Waals surface area (Å²) in [5.74, 6) is 0. The van der Waals surface area contributed by atoms with Crippen LogP contribution in [0.4, 0.5) is 0 Å². The molecule has 0 N–H and O–H groups in total. The zero-order chi connectivity index (χ0) is 43.8. The maximum Gasteiger partial charge on any atom is 0.0972 e. The third-order valence-corrected chi connectivity index (χ3v) is 12.7. The number of fused-ring (bicyclic) bond motifs is 4. The van der Waals surface area contributed by atoms with Gasteiger partial charge in [0.05, 0.1) is 33.8 Å². The Hall–Kier alpha value is -8.79. The number of hydrogen-bond donors (Lipinski definition) is 0. The molecule has 3 nitrogen and oxygen atoms in total. The summed E-state index contributed by atoms with van der Waals surface area (Å²) in [6.45, 7) is 0. The molecule has 308 valence electrons. The van der Waals surface area contributed by atoms with Crippen molar-refractivity contribution in [1.29, 1.82) is 0 Å². The van der Waals surface area contributed by atoms with Gasteiger partial charge in [-0.05, 0) is 50.7 Å².